The molecule has 1 fully saturated rings. The predicted octanol–water partition coefficient (Wildman–Crippen LogP) is 4.56. The number of amides is 2. The normalized spacial score (nSPS) is 19.8. The molecule has 2 N–H and O–H groups in total. The number of nitrogens with zero attached hydrogens (tertiary/aromatic N) is 1. The van der Waals surface area contributed by atoms with Gasteiger partial charge in [-0.15, -0.1) is 11.8 Å². The van der Waals surface area contributed by atoms with Crippen molar-refractivity contribution in [3.8, 4) is 11.1 Å². The van der Waals surface area contributed by atoms with Gasteiger partial charge in [0.05, 0.1) is 11.3 Å². The van der Waals surface area contributed by atoms with E-state index in [4.69, 9.17) is 4.74 Å². The lowest BCUT2D eigenvalue weighted by Crippen LogP contribution is -2.51. The number of fused-ring (bicyclic) bond motifs is 3. The zero-order valence-corrected chi connectivity index (χ0v) is 21.1. The Morgan fingerprint density at radius 3 is 2.23 bits per heavy atom. The van der Waals surface area contributed by atoms with E-state index in [1.165, 1.54) is 16.7 Å². The molecule has 1 heterocycles. The fourth-order valence-electron chi connectivity index (χ4n) is 5.01. The average molecular weight is 497 g/mol. The molecule has 0 saturated carbocycles. The Hall–Kier alpha value is -3.00. The third-order valence-corrected chi connectivity index (χ3v) is 8.37. The number of hydrogen-bond donors (Lipinski definition) is 2. The Balaban J connectivity index is 1.39. The van der Waals surface area contributed by atoms with E-state index in [1.54, 1.807) is 0 Å². The van der Waals surface area contributed by atoms with Crippen molar-refractivity contribution in [3.05, 3.63) is 59.7 Å². The van der Waals surface area contributed by atoms with E-state index in [1.807, 2.05) is 45.0 Å². The van der Waals surface area contributed by atoms with Crippen LogP contribution in [0.25, 0.3) is 11.1 Å². The smallest absolute Gasteiger partial charge is 0.407 e. The molecular weight excluding hydrogens is 464 g/mol. The van der Waals surface area contributed by atoms with Gasteiger partial charge in [-0.25, -0.2) is 9.59 Å². The maximum absolute atomic E-state index is 13.4. The van der Waals surface area contributed by atoms with Crippen LogP contribution in [0.4, 0.5) is 4.79 Å². The van der Waals surface area contributed by atoms with E-state index in [9.17, 15) is 19.5 Å². The van der Waals surface area contributed by atoms with Crippen LogP contribution in [0.5, 0.6) is 0 Å². The van der Waals surface area contributed by atoms with Crippen molar-refractivity contribution in [3.63, 3.8) is 0 Å². The second kappa shape index (κ2) is 10.7. The van der Waals surface area contributed by atoms with Crippen LogP contribution in [0.3, 0.4) is 0 Å². The Morgan fingerprint density at radius 2 is 1.69 bits per heavy atom. The van der Waals surface area contributed by atoms with Gasteiger partial charge < -0.3 is 20.1 Å². The Morgan fingerprint density at radius 1 is 1.09 bits per heavy atom. The van der Waals surface area contributed by atoms with Crippen LogP contribution in [0, 0.1) is 11.8 Å². The molecule has 8 heteroatoms. The predicted molar refractivity (Wildman–Crippen MR) is 136 cm³/mol. The molecule has 1 aliphatic heterocycles. The number of nitrogens with one attached hydrogen (secondary N) is 1. The Bertz CT molecular complexity index is 1060. The van der Waals surface area contributed by atoms with Crippen LogP contribution in [0.2, 0.25) is 0 Å². The standard InChI is InChI=1S/C27H32N2O5S/c1-4-24-29(23(15-35-24)26(31)32)25(30)21(16(2)3)13-28-27(33)34-14-22-19-11-7-5-9-17(19)18-10-6-8-12-20(18)22/h5-12,16,21-24H,4,13-15H2,1-3H3,(H,28,33)(H,31,32). The molecule has 186 valence electrons. The number of carbonyl (C=O) groups excluding carboxylic acids is 2. The number of hydrogen-bond acceptors (Lipinski definition) is 5. The maximum atomic E-state index is 13.4. The largest absolute Gasteiger partial charge is 0.480 e. The summed E-state index contributed by atoms with van der Waals surface area (Å²) >= 11 is 1.49. The number of carboxylic acid groups (broad SMARTS) is 1. The summed E-state index contributed by atoms with van der Waals surface area (Å²) in [5.41, 5.74) is 4.58. The number of benzene rings is 2. The zero-order valence-electron chi connectivity index (χ0n) is 20.3. The third kappa shape index (κ3) is 5.03. The molecule has 7 nitrogen and oxygen atoms in total. The average Bonchev–Trinajstić information content (AvgIpc) is 3.42. The number of carboxylic acids is 1. The highest BCUT2D eigenvalue weighted by Crippen LogP contribution is 2.44. The van der Waals surface area contributed by atoms with Gasteiger partial charge in [0.1, 0.15) is 12.6 Å². The van der Waals surface area contributed by atoms with E-state index < -0.39 is 24.0 Å². The summed E-state index contributed by atoms with van der Waals surface area (Å²) in [6, 6.07) is 15.4. The first-order valence-electron chi connectivity index (χ1n) is 12.1. The molecule has 3 unspecified atom stereocenters. The van der Waals surface area contributed by atoms with Crippen LogP contribution >= 0.6 is 11.8 Å². The molecule has 2 aliphatic rings. The van der Waals surface area contributed by atoms with Gasteiger partial charge in [0.25, 0.3) is 0 Å². The van der Waals surface area contributed by atoms with Crippen molar-refractivity contribution in [2.45, 2.75) is 44.5 Å². The first kappa shape index (κ1) is 25.1. The first-order valence-corrected chi connectivity index (χ1v) is 13.1. The number of aliphatic carboxylic acids is 1. The molecule has 0 aromatic heterocycles. The molecule has 35 heavy (non-hydrogen) atoms. The minimum absolute atomic E-state index is 0.0426. The number of alkyl carbamates (subject to hydrolysis) is 1. The van der Waals surface area contributed by atoms with Crippen molar-refractivity contribution >= 4 is 29.7 Å². The summed E-state index contributed by atoms with van der Waals surface area (Å²) in [6.45, 7) is 6.05. The first-order chi connectivity index (χ1) is 16.8. The van der Waals surface area contributed by atoms with Gasteiger partial charge in [0, 0.05) is 18.2 Å². The Kier molecular flexibility index (Phi) is 7.69. The van der Waals surface area contributed by atoms with Gasteiger partial charge in [-0.1, -0.05) is 69.3 Å². The van der Waals surface area contributed by atoms with E-state index in [2.05, 4.69) is 29.6 Å². The van der Waals surface area contributed by atoms with Crippen LogP contribution < -0.4 is 5.32 Å². The molecule has 4 rings (SSSR count). The minimum atomic E-state index is -0.992. The molecule has 2 amide bonds. The monoisotopic (exact) mass is 496 g/mol. The quantitative estimate of drug-likeness (QED) is 0.556. The van der Waals surface area contributed by atoms with Crippen molar-refractivity contribution in [1.82, 2.24) is 10.2 Å². The summed E-state index contributed by atoms with van der Waals surface area (Å²) < 4.78 is 5.60. The second-order valence-corrected chi connectivity index (χ2v) is 10.6. The maximum Gasteiger partial charge on any atom is 0.407 e. The number of carbonyl (C=O) groups is 3. The van der Waals surface area contributed by atoms with Crippen LogP contribution in [-0.4, -0.2) is 58.3 Å². The fourth-order valence-corrected chi connectivity index (χ4v) is 6.36. The fraction of sp³-hybridized carbons (Fsp3) is 0.444. The summed E-state index contributed by atoms with van der Waals surface area (Å²) in [4.78, 5) is 39.2. The molecule has 3 atom stereocenters. The number of thioether (sulfide) groups is 1. The van der Waals surface area contributed by atoms with Crippen molar-refractivity contribution in [2.24, 2.45) is 11.8 Å². The molecule has 2 aromatic rings. The van der Waals surface area contributed by atoms with Crippen molar-refractivity contribution in [2.75, 3.05) is 18.9 Å². The minimum Gasteiger partial charge on any atom is -0.480 e. The van der Waals surface area contributed by atoms with E-state index in [-0.39, 0.29) is 36.3 Å². The van der Waals surface area contributed by atoms with Gasteiger partial charge >= 0.3 is 12.1 Å². The summed E-state index contributed by atoms with van der Waals surface area (Å²) in [7, 11) is 0. The van der Waals surface area contributed by atoms with Crippen molar-refractivity contribution < 1.29 is 24.2 Å². The molecule has 0 bridgehead atoms. The van der Waals surface area contributed by atoms with E-state index >= 15 is 0 Å². The van der Waals surface area contributed by atoms with Gasteiger partial charge in [-0.3, -0.25) is 4.79 Å². The lowest BCUT2D eigenvalue weighted by atomic mass is 9.93. The number of ether oxygens (including phenoxy) is 1. The SMILES string of the molecule is CCC1SCC(C(=O)O)N1C(=O)C(CNC(=O)OCC1c2ccccc2-c2ccccc21)C(C)C. The van der Waals surface area contributed by atoms with Gasteiger partial charge in [0.15, 0.2) is 0 Å². The van der Waals surface area contributed by atoms with Gasteiger partial charge in [-0.2, -0.15) is 0 Å². The van der Waals surface area contributed by atoms with E-state index in [0.717, 1.165) is 22.3 Å². The molecule has 1 aliphatic carbocycles. The highest BCUT2D eigenvalue weighted by molar-refractivity contribution is 8.00. The highest BCUT2D eigenvalue weighted by atomic mass is 32.2. The molecule has 0 spiro atoms. The topological polar surface area (TPSA) is 95.9 Å². The van der Waals surface area contributed by atoms with Gasteiger partial charge in [0.2, 0.25) is 5.91 Å². The van der Waals surface area contributed by atoms with Crippen molar-refractivity contribution in [1.29, 1.82) is 0 Å². The lowest BCUT2D eigenvalue weighted by Gasteiger charge is -2.32. The summed E-state index contributed by atoms with van der Waals surface area (Å²) in [6.07, 6.45) is 0.0908. The molecule has 2 aromatic carbocycles. The van der Waals surface area contributed by atoms with Crippen LogP contribution in [0.1, 0.15) is 44.2 Å². The van der Waals surface area contributed by atoms with Gasteiger partial charge in [-0.05, 0) is 34.6 Å². The Labute approximate surface area is 210 Å². The second-order valence-electron chi connectivity index (χ2n) is 9.35. The van der Waals surface area contributed by atoms with Crippen LogP contribution in [0.15, 0.2) is 48.5 Å². The van der Waals surface area contributed by atoms with E-state index in [0.29, 0.717) is 12.2 Å². The summed E-state index contributed by atoms with van der Waals surface area (Å²) in [5, 5.41) is 12.2. The highest BCUT2D eigenvalue weighted by Gasteiger charge is 2.43. The molecule has 0 radical (unpaired) electrons. The number of rotatable bonds is 8. The van der Waals surface area contributed by atoms with Crippen LogP contribution in [-0.2, 0) is 14.3 Å². The molecule has 1 saturated heterocycles. The third-order valence-electron chi connectivity index (χ3n) is 6.91. The lowest BCUT2D eigenvalue weighted by molar-refractivity contribution is -0.151. The summed E-state index contributed by atoms with van der Waals surface area (Å²) in [5.74, 6) is -1.50. The zero-order chi connectivity index (χ0) is 25.1. The molecular formula is C27H32N2O5S.